The first-order valence-corrected chi connectivity index (χ1v) is 12.4. The predicted octanol–water partition coefficient (Wildman–Crippen LogP) is 5.36. The molecule has 0 bridgehead atoms. The molecule has 3 aromatic carbocycles. The van der Waals surface area contributed by atoms with Gasteiger partial charge < -0.3 is 14.8 Å². The summed E-state index contributed by atoms with van der Waals surface area (Å²) in [6, 6.07) is 25.1. The molecule has 5 nitrogen and oxygen atoms in total. The number of rotatable bonds is 7. The van der Waals surface area contributed by atoms with Crippen LogP contribution in [-0.2, 0) is 11.3 Å². The minimum absolute atomic E-state index is 0.00951. The molecule has 6 heteroatoms. The molecular weight excluding hydrogens is 439 g/mol. The molecule has 4 aromatic rings. The lowest BCUT2D eigenvalue weighted by molar-refractivity contribution is -0.125. The molecule has 0 saturated carbocycles. The third-order valence-electron chi connectivity index (χ3n) is 6.96. The Balaban J connectivity index is 1.25. The highest BCUT2D eigenvalue weighted by atomic mass is 19.1. The monoisotopic (exact) mass is 470 g/mol. The number of carbonyl (C=O) groups excluding carboxylic acids is 1. The number of para-hydroxylation sites is 2. The van der Waals surface area contributed by atoms with Gasteiger partial charge in [0.15, 0.2) is 0 Å². The molecule has 1 amide bonds. The van der Waals surface area contributed by atoms with Gasteiger partial charge in [0.25, 0.3) is 0 Å². The standard InChI is InChI=1S/C29H31FN4O/c1-21(23-9-3-2-4-10-23)19-31-28(35)24-14-16-33(17-15-24)29-32-26-12-5-6-13-27(26)34(29)20-22-8-7-11-25(30)18-22/h2-13,18,21,24H,14-17,19-20H2,1H3,(H,31,35)/t21-/m1/s1. The molecule has 1 N–H and O–H groups in total. The summed E-state index contributed by atoms with van der Waals surface area (Å²) < 4.78 is 16.0. The Morgan fingerprint density at radius 1 is 1.03 bits per heavy atom. The number of aromatic nitrogens is 2. The van der Waals surface area contributed by atoms with Crippen molar-refractivity contribution in [2.24, 2.45) is 5.92 Å². The van der Waals surface area contributed by atoms with E-state index in [4.69, 9.17) is 4.98 Å². The van der Waals surface area contributed by atoms with Crippen molar-refractivity contribution in [3.8, 4) is 0 Å². The lowest BCUT2D eigenvalue weighted by Crippen LogP contribution is -2.42. The normalized spacial score (nSPS) is 15.3. The Bertz CT molecular complexity index is 1290. The van der Waals surface area contributed by atoms with E-state index in [9.17, 15) is 9.18 Å². The van der Waals surface area contributed by atoms with Crippen molar-refractivity contribution < 1.29 is 9.18 Å². The van der Waals surface area contributed by atoms with Crippen molar-refractivity contribution in [2.75, 3.05) is 24.5 Å². The average Bonchev–Trinajstić information content (AvgIpc) is 3.26. The lowest BCUT2D eigenvalue weighted by atomic mass is 9.95. The van der Waals surface area contributed by atoms with Gasteiger partial charge in [0.2, 0.25) is 11.9 Å². The Labute approximate surface area is 205 Å². The number of halogens is 1. The molecule has 2 heterocycles. The van der Waals surface area contributed by atoms with E-state index in [1.807, 2.05) is 42.5 Å². The van der Waals surface area contributed by atoms with Crippen LogP contribution in [0.3, 0.4) is 0 Å². The summed E-state index contributed by atoms with van der Waals surface area (Å²) in [6.45, 7) is 4.86. The van der Waals surface area contributed by atoms with Crippen LogP contribution in [0.1, 0.15) is 36.8 Å². The van der Waals surface area contributed by atoms with Crippen LogP contribution in [0.2, 0.25) is 0 Å². The van der Waals surface area contributed by atoms with Crippen LogP contribution in [0, 0.1) is 11.7 Å². The Hall–Kier alpha value is -3.67. The van der Waals surface area contributed by atoms with Crippen LogP contribution < -0.4 is 10.2 Å². The van der Waals surface area contributed by atoms with E-state index in [1.54, 1.807) is 12.1 Å². The number of hydrogen-bond donors (Lipinski definition) is 1. The van der Waals surface area contributed by atoms with Crippen LogP contribution >= 0.6 is 0 Å². The van der Waals surface area contributed by atoms with E-state index in [2.05, 4.69) is 39.9 Å². The number of anilines is 1. The van der Waals surface area contributed by atoms with Crippen LogP contribution in [0.25, 0.3) is 11.0 Å². The first-order chi connectivity index (χ1) is 17.1. The minimum Gasteiger partial charge on any atom is -0.355 e. The van der Waals surface area contributed by atoms with Crippen LogP contribution in [0.5, 0.6) is 0 Å². The second kappa shape index (κ2) is 10.3. The van der Waals surface area contributed by atoms with Crippen molar-refractivity contribution in [1.82, 2.24) is 14.9 Å². The number of carbonyl (C=O) groups is 1. The number of nitrogens with one attached hydrogen (secondary N) is 1. The van der Waals surface area contributed by atoms with Crippen molar-refractivity contribution in [2.45, 2.75) is 32.2 Å². The highest BCUT2D eigenvalue weighted by Crippen LogP contribution is 2.28. The Morgan fingerprint density at radius 3 is 2.54 bits per heavy atom. The van der Waals surface area contributed by atoms with Crippen molar-refractivity contribution in [3.05, 3.63) is 95.8 Å². The van der Waals surface area contributed by atoms with E-state index >= 15 is 0 Å². The summed E-state index contributed by atoms with van der Waals surface area (Å²) in [7, 11) is 0. The second-order valence-electron chi connectivity index (χ2n) is 9.43. The first-order valence-electron chi connectivity index (χ1n) is 12.4. The van der Waals surface area contributed by atoms with Crippen LogP contribution in [0.15, 0.2) is 78.9 Å². The molecule has 0 unspecified atom stereocenters. The van der Waals surface area contributed by atoms with Gasteiger partial charge in [-0.3, -0.25) is 4.79 Å². The van der Waals surface area contributed by atoms with Gasteiger partial charge in [-0.25, -0.2) is 9.37 Å². The third-order valence-corrected chi connectivity index (χ3v) is 6.96. The van der Waals surface area contributed by atoms with Gasteiger partial charge >= 0.3 is 0 Å². The maximum absolute atomic E-state index is 13.8. The maximum atomic E-state index is 13.8. The van der Waals surface area contributed by atoms with Crippen LogP contribution in [0.4, 0.5) is 10.3 Å². The number of imidazole rings is 1. The predicted molar refractivity (Wildman–Crippen MR) is 138 cm³/mol. The fourth-order valence-corrected chi connectivity index (χ4v) is 4.92. The Kier molecular flexibility index (Phi) is 6.80. The summed E-state index contributed by atoms with van der Waals surface area (Å²) >= 11 is 0. The fourth-order valence-electron chi connectivity index (χ4n) is 4.92. The number of benzene rings is 3. The highest BCUT2D eigenvalue weighted by Gasteiger charge is 2.28. The van der Waals surface area contributed by atoms with Gasteiger partial charge in [-0.15, -0.1) is 0 Å². The molecule has 1 aromatic heterocycles. The number of nitrogens with zero attached hydrogens (tertiary/aromatic N) is 3. The van der Waals surface area contributed by atoms with Gasteiger partial charge in [-0.05, 0) is 54.2 Å². The van der Waals surface area contributed by atoms with Gasteiger partial charge in [-0.2, -0.15) is 0 Å². The molecule has 0 spiro atoms. The van der Waals surface area contributed by atoms with Gasteiger partial charge in [-0.1, -0.05) is 61.5 Å². The average molecular weight is 471 g/mol. The van der Waals surface area contributed by atoms with E-state index in [1.165, 1.54) is 11.6 Å². The Morgan fingerprint density at radius 2 is 1.77 bits per heavy atom. The SMILES string of the molecule is C[C@H](CNC(=O)C1CCN(c2nc3ccccc3n2Cc2cccc(F)c2)CC1)c1ccccc1. The molecule has 1 aliphatic heterocycles. The van der Waals surface area contributed by atoms with E-state index in [0.29, 0.717) is 13.1 Å². The van der Waals surface area contributed by atoms with Gasteiger partial charge in [0, 0.05) is 25.6 Å². The molecule has 180 valence electrons. The van der Waals surface area contributed by atoms with E-state index in [0.717, 1.165) is 48.5 Å². The molecule has 1 saturated heterocycles. The summed E-state index contributed by atoms with van der Waals surface area (Å²) in [5.74, 6) is 1.08. The number of amides is 1. The molecule has 0 radical (unpaired) electrons. The molecule has 35 heavy (non-hydrogen) atoms. The topological polar surface area (TPSA) is 50.2 Å². The molecule has 1 aliphatic rings. The van der Waals surface area contributed by atoms with Gasteiger partial charge in [0.05, 0.1) is 17.6 Å². The van der Waals surface area contributed by atoms with Crippen molar-refractivity contribution in [1.29, 1.82) is 0 Å². The third kappa shape index (κ3) is 5.21. The lowest BCUT2D eigenvalue weighted by Gasteiger charge is -2.32. The highest BCUT2D eigenvalue weighted by molar-refractivity contribution is 5.80. The fraction of sp³-hybridized carbons (Fsp3) is 0.310. The second-order valence-corrected chi connectivity index (χ2v) is 9.43. The van der Waals surface area contributed by atoms with Gasteiger partial charge in [0.1, 0.15) is 5.82 Å². The summed E-state index contributed by atoms with van der Waals surface area (Å²) in [6.07, 6.45) is 1.57. The number of fused-ring (bicyclic) bond motifs is 1. The molecule has 0 aliphatic carbocycles. The zero-order valence-electron chi connectivity index (χ0n) is 20.0. The zero-order chi connectivity index (χ0) is 24.2. The largest absolute Gasteiger partial charge is 0.355 e. The van der Waals surface area contributed by atoms with E-state index < -0.39 is 0 Å². The van der Waals surface area contributed by atoms with Crippen molar-refractivity contribution in [3.63, 3.8) is 0 Å². The zero-order valence-corrected chi connectivity index (χ0v) is 20.0. The summed E-state index contributed by atoms with van der Waals surface area (Å²) in [5, 5.41) is 3.16. The van der Waals surface area contributed by atoms with Crippen LogP contribution in [-0.4, -0.2) is 35.1 Å². The summed E-state index contributed by atoms with van der Waals surface area (Å²) in [5.41, 5.74) is 4.09. The maximum Gasteiger partial charge on any atom is 0.223 e. The molecule has 1 fully saturated rings. The summed E-state index contributed by atoms with van der Waals surface area (Å²) in [4.78, 5) is 20.0. The molecule has 1 atom stereocenters. The van der Waals surface area contributed by atoms with E-state index in [-0.39, 0.29) is 23.6 Å². The quantitative estimate of drug-likeness (QED) is 0.396. The number of hydrogen-bond acceptors (Lipinski definition) is 3. The minimum atomic E-state index is -0.234. The smallest absolute Gasteiger partial charge is 0.223 e. The molecule has 5 rings (SSSR count). The first kappa shape index (κ1) is 23.1. The van der Waals surface area contributed by atoms with Crippen molar-refractivity contribution >= 4 is 22.9 Å². The number of piperidine rings is 1. The molecular formula is C29H31FN4O.